The summed E-state index contributed by atoms with van der Waals surface area (Å²) in [5.41, 5.74) is 0.386. The molecule has 0 spiro atoms. The average Bonchev–Trinajstić information content (AvgIpc) is 2.87. The summed E-state index contributed by atoms with van der Waals surface area (Å²) in [5.74, 6) is 0.0752. The molecule has 7 nitrogen and oxygen atoms in total. The Hall–Kier alpha value is -0.930. The van der Waals surface area contributed by atoms with Crippen molar-refractivity contribution in [3.05, 3.63) is 11.9 Å². The fraction of sp³-hybridized carbons (Fsp3) is 0.750. The number of sulfone groups is 1. The van der Waals surface area contributed by atoms with Crippen LogP contribution in [-0.2, 0) is 19.9 Å². The van der Waals surface area contributed by atoms with Crippen molar-refractivity contribution in [1.82, 2.24) is 14.5 Å². The van der Waals surface area contributed by atoms with E-state index in [-0.39, 0.29) is 10.6 Å². The van der Waals surface area contributed by atoms with Crippen LogP contribution in [0.5, 0.6) is 0 Å². The van der Waals surface area contributed by atoms with Gasteiger partial charge >= 0.3 is 0 Å². The van der Waals surface area contributed by atoms with Gasteiger partial charge in [-0.1, -0.05) is 13.3 Å². The van der Waals surface area contributed by atoms with Crippen LogP contribution >= 0.6 is 0 Å². The quantitative estimate of drug-likeness (QED) is 0.868. The molecule has 1 aromatic heterocycles. The molecule has 0 aliphatic carbocycles. The molecule has 0 bridgehead atoms. The van der Waals surface area contributed by atoms with Crippen LogP contribution in [-0.4, -0.2) is 49.9 Å². The highest BCUT2D eigenvalue weighted by Gasteiger charge is 2.36. The molecule has 21 heavy (non-hydrogen) atoms. The van der Waals surface area contributed by atoms with Crippen LogP contribution in [0, 0.1) is 0 Å². The number of hydrogen-bond acceptors (Lipinski definition) is 5. The summed E-state index contributed by atoms with van der Waals surface area (Å²) in [4.78, 5) is 0.0890. The third-order valence-electron chi connectivity index (χ3n) is 3.64. The number of nitrogens with one attached hydrogen (secondary N) is 1. The minimum absolute atomic E-state index is 0.0752. The van der Waals surface area contributed by atoms with Crippen molar-refractivity contribution in [1.29, 1.82) is 0 Å². The number of H-pyrrole nitrogens is 1. The third-order valence-corrected chi connectivity index (χ3v) is 6.84. The van der Waals surface area contributed by atoms with E-state index in [9.17, 15) is 16.8 Å². The molecule has 2 heterocycles. The zero-order valence-corrected chi connectivity index (χ0v) is 13.9. The van der Waals surface area contributed by atoms with Crippen LogP contribution in [0.1, 0.15) is 44.3 Å². The van der Waals surface area contributed by atoms with Gasteiger partial charge in [0.05, 0.1) is 23.7 Å². The monoisotopic (exact) mass is 335 g/mol. The minimum Gasteiger partial charge on any atom is -0.280 e. The lowest BCUT2D eigenvalue weighted by Crippen LogP contribution is -2.40. The first-order valence-electron chi connectivity index (χ1n) is 7.00. The molecular formula is C12H21N3O4S2. The van der Waals surface area contributed by atoms with Gasteiger partial charge in [-0.15, -0.1) is 0 Å². The van der Waals surface area contributed by atoms with Gasteiger partial charge in [-0.05, 0) is 19.3 Å². The molecule has 1 aromatic rings. The predicted octanol–water partition coefficient (Wildman–Crippen LogP) is 1.08. The topological polar surface area (TPSA) is 100 Å². The number of piperidine rings is 1. The van der Waals surface area contributed by atoms with Crippen molar-refractivity contribution in [3.8, 4) is 0 Å². The molecule has 1 atom stereocenters. The molecule has 1 aliphatic heterocycles. The molecule has 0 radical (unpaired) electrons. The average molecular weight is 335 g/mol. The molecule has 0 saturated carbocycles. The van der Waals surface area contributed by atoms with Crippen molar-refractivity contribution < 1.29 is 16.8 Å². The zero-order valence-electron chi connectivity index (χ0n) is 12.2. The van der Waals surface area contributed by atoms with Crippen molar-refractivity contribution >= 4 is 19.9 Å². The van der Waals surface area contributed by atoms with E-state index in [2.05, 4.69) is 10.2 Å². The van der Waals surface area contributed by atoms with Gasteiger partial charge in [0.2, 0.25) is 10.0 Å². The Morgan fingerprint density at radius 2 is 2.05 bits per heavy atom. The molecular weight excluding hydrogens is 314 g/mol. The second-order valence-corrected chi connectivity index (χ2v) is 9.38. The van der Waals surface area contributed by atoms with E-state index in [0.717, 1.165) is 19.1 Å². The fourth-order valence-electron chi connectivity index (χ4n) is 2.72. The fourth-order valence-corrected chi connectivity index (χ4v) is 5.30. The Bertz CT molecular complexity index is 694. The molecule has 1 N–H and O–H groups in total. The largest absolute Gasteiger partial charge is 0.280 e. The molecule has 2 rings (SSSR count). The molecule has 120 valence electrons. The van der Waals surface area contributed by atoms with Crippen LogP contribution < -0.4 is 0 Å². The first kappa shape index (κ1) is 16.4. The number of sulfonamides is 1. The molecule has 0 aromatic carbocycles. The highest BCUT2D eigenvalue weighted by Crippen LogP contribution is 2.35. The summed E-state index contributed by atoms with van der Waals surface area (Å²) in [6, 6.07) is -0.470. The van der Waals surface area contributed by atoms with E-state index in [1.165, 1.54) is 10.5 Å². The summed E-state index contributed by atoms with van der Waals surface area (Å²) in [5, 5.41) is 6.49. The summed E-state index contributed by atoms with van der Waals surface area (Å²) in [7, 11) is -6.82. The van der Waals surface area contributed by atoms with Gasteiger partial charge < -0.3 is 0 Å². The lowest BCUT2D eigenvalue weighted by atomic mass is 10.0. The normalized spacial score (nSPS) is 21.5. The van der Waals surface area contributed by atoms with Crippen LogP contribution in [0.3, 0.4) is 0 Å². The highest BCUT2D eigenvalue weighted by molar-refractivity contribution is 7.90. The van der Waals surface area contributed by atoms with Gasteiger partial charge in [0.15, 0.2) is 9.84 Å². The standard InChI is InChI=1S/C12H21N3O4S2/c1-3-8-21(18,19)15-7-5-4-6-10(15)12-11(9-13-14-12)20(2,16)17/h9-10H,3-8H2,1-2H3,(H,13,14)/t10-/m1/s1. The zero-order chi connectivity index (χ0) is 15.7. The number of hydrogen-bond donors (Lipinski definition) is 1. The minimum atomic E-state index is -3.44. The number of rotatable bonds is 5. The van der Waals surface area contributed by atoms with Crippen molar-refractivity contribution in [3.63, 3.8) is 0 Å². The molecule has 9 heteroatoms. The summed E-state index contributed by atoms with van der Waals surface area (Å²) >= 11 is 0. The van der Waals surface area contributed by atoms with Gasteiger partial charge in [-0.2, -0.15) is 9.40 Å². The molecule has 1 aliphatic rings. The van der Waals surface area contributed by atoms with E-state index in [0.29, 0.717) is 25.1 Å². The highest BCUT2D eigenvalue weighted by atomic mass is 32.2. The van der Waals surface area contributed by atoms with Gasteiger partial charge in [-0.3, -0.25) is 5.10 Å². The van der Waals surface area contributed by atoms with E-state index in [4.69, 9.17) is 0 Å². The third kappa shape index (κ3) is 3.46. The maximum absolute atomic E-state index is 12.4. The number of aromatic nitrogens is 2. The van der Waals surface area contributed by atoms with E-state index < -0.39 is 25.9 Å². The molecule has 0 amide bonds. The maximum Gasteiger partial charge on any atom is 0.214 e. The van der Waals surface area contributed by atoms with Crippen molar-refractivity contribution in [2.45, 2.75) is 43.5 Å². The van der Waals surface area contributed by atoms with Crippen molar-refractivity contribution in [2.75, 3.05) is 18.6 Å². The van der Waals surface area contributed by atoms with Gasteiger partial charge in [0.25, 0.3) is 0 Å². The summed E-state index contributed by atoms with van der Waals surface area (Å²) < 4.78 is 49.8. The van der Waals surface area contributed by atoms with E-state index in [1.807, 2.05) is 6.92 Å². The predicted molar refractivity (Wildman–Crippen MR) is 79.1 cm³/mol. The Balaban J connectivity index is 2.43. The lowest BCUT2D eigenvalue weighted by molar-refractivity contribution is 0.248. The van der Waals surface area contributed by atoms with E-state index >= 15 is 0 Å². The van der Waals surface area contributed by atoms with Crippen LogP contribution in [0.15, 0.2) is 11.1 Å². The molecule has 0 unspecified atom stereocenters. The maximum atomic E-state index is 12.4. The number of aromatic amines is 1. The van der Waals surface area contributed by atoms with Crippen LogP contribution in [0.4, 0.5) is 0 Å². The first-order chi connectivity index (χ1) is 9.77. The van der Waals surface area contributed by atoms with Gasteiger partial charge in [0, 0.05) is 12.8 Å². The summed E-state index contributed by atoms with van der Waals surface area (Å²) in [6.07, 6.45) is 5.16. The molecule has 1 saturated heterocycles. The van der Waals surface area contributed by atoms with E-state index in [1.54, 1.807) is 0 Å². The lowest BCUT2D eigenvalue weighted by Gasteiger charge is -2.34. The second-order valence-electron chi connectivity index (χ2n) is 5.36. The van der Waals surface area contributed by atoms with Crippen LogP contribution in [0.2, 0.25) is 0 Å². The molecule has 1 fully saturated rings. The van der Waals surface area contributed by atoms with Gasteiger partial charge in [-0.25, -0.2) is 16.8 Å². The second kappa shape index (κ2) is 6.05. The Kier molecular flexibility index (Phi) is 4.74. The Labute approximate surface area is 125 Å². The SMILES string of the molecule is CCCS(=O)(=O)N1CCCC[C@@H]1c1[nH]ncc1S(C)(=O)=O. The first-order valence-corrected chi connectivity index (χ1v) is 10.5. The van der Waals surface area contributed by atoms with Crippen LogP contribution in [0.25, 0.3) is 0 Å². The Morgan fingerprint density at radius 1 is 1.33 bits per heavy atom. The van der Waals surface area contributed by atoms with Gasteiger partial charge in [0.1, 0.15) is 4.90 Å². The smallest absolute Gasteiger partial charge is 0.214 e. The Morgan fingerprint density at radius 3 is 2.67 bits per heavy atom. The summed E-state index contributed by atoms with van der Waals surface area (Å²) in [6.45, 7) is 2.24. The number of nitrogens with zero attached hydrogens (tertiary/aromatic N) is 2. The van der Waals surface area contributed by atoms with Crippen molar-refractivity contribution in [2.24, 2.45) is 0 Å².